The molecule has 1 aromatic heterocycles. The van der Waals surface area contributed by atoms with Crippen molar-refractivity contribution in [1.82, 2.24) is 5.32 Å². The summed E-state index contributed by atoms with van der Waals surface area (Å²) >= 11 is 5.30. The van der Waals surface area contributed by atoms with Crippen LogP contribution in [0.1, 0.15) is 34.6 Å². The summed E-state index contributed by atoms with van der Waals surface area (Å²) in [6, 6.07) is 8.79. The van der Waals surface area contributed by atoms with Gasteiger partial charge in [-0.05, 0) is 43.1 Å². The molecule has 1 N–H and O–H groups in total. The highest BCUT2D eigenvalue weighted by Crippen LogP contribution is 2.43. The number of ether oxygens (including phenoxy) is 1. The molecule has 100 valence electrons. The summed E-state index contributed by atoms with van der Waals surface area (Å²) in [5.74, 6) is 0.984. The van der Waals surface area contributed by atoms with Crippen LogP contribution in [0.25, 0.3) is 0 Å². The van der Waals surface area contributed by atoms with Gasteiger partial charge in [0, 0.05) is 27.4 Å². The SMILES string of the molecule is CNC1CC(c2sccc2C)Oc2cc(Br)ccc21. The largest absolute Gasteiger partial charge is 0.484 e. The topological polar surface area (TPSA) is 21.3 Å². The molecule has 2 nitrogen and oxygen atoms in total. The van der Waals surface area contributed by atoms with E-state index in [4.69, 9.17) is 4.74 Å². The van der Waals surface area contributed by atoms with Crippen molar-refractivity contribution in [3.05, 3.63) is 50.1 Å². The lowest BCUT2D eigenvalue weighted by molar-refractivity contribution is 0.156. The van der Waals surface area contributed by atoms with Gasteiger partial charge in [0.25, 0.3) is 0 Å². The van der Waals surface area contributed by atoms with Gasteiger partial charge in [0.2, 0.25) is 0 Å². The van der Waals surface area contributed by atoms with Crippen LogP contribution < -0.4 is 10.1 Å². The number of thiophene rings is 1. The summed E-state index contributed by atoms with van der Waals surface area (Å²) < 4.78 is 7.27. The Bertz CT molecular complexity index is 596. The monoisotopic (exact) mass is 337 g/mol. The molecule has 0 saturated carbocycles. The van der Waals surface area contributed by atoms with Crippen LogP contribution in [-0.2, 0) is 0 Å². The summed E-state index contributed by atoms with van der Waals surface area (Å²) in [5, 5.41) is 5.54. The molecule has 0 bridgehead atoms. The Labute approximate surface area is 125 Å². The van der Waals surface area contributed by atoms with Crippen molar-refractivity contribution in [1.29, 1.82) is 0 Å². The molecule has 0 aliphatic carbocycles. The molecule has 2 unspecified atom stereocenters. The second-order valence-corrected chi connectivity index (χ2v) is 6.70. The van der Waals surface area contributed by atoms with Crippen molar-refractivity contribution >= 4 is 27.3 Å². The van der Waals surface area contributed by atoms with E-state index in [0.29, 0.717) is 6.04 Å². The molecule has 0 saturated heterocycles. The fourth-order valence-electron chi connectivity index (χ4n) is 2.59. The minimum Gasteiger partial charge on any atom is -0.484 e. The van der Waals surface area contributed by atoms with Crippen molar-refractivity contribution in [2.75, 3.05) is 7.05 Å². The minimum absolute atomic E-state index is 0.152. The van der Waals surface area contributed by atoms with Gasteiger partial charge in [-0.2, -0.15) is 0 Å². The van der Waals surface area contributed by atoms with Gasteiger partial charge in [-0.25, -0.2) is 0 Å². The fourth-order valence-corrected chi connectivity index (χ4v) is 3.90. The number of halogens is 1. The zero-order valence-electron chi connectivity index (χ0n) is 10.9. The first-order valence-corrected chi connectivity index (χ1v) is 8.03. The van der Waals surface area contributed by atoms with Gasteiger partial charge in [0.15, 0.2) is 0 Å². The maximum atomic E-state index is 6.21. The first-order chi connectivity index (χ1) is 9.19. The molecule has 0 amide bonds. The lowest BCUT2D eigenvalue weighted by Crippen LogP contribution is -2.26. The first-order valence-electron chi connectivity index (χ1n) is 6.36. The number of aryl methyl sites for hydroxylation is 1. The van der Waals surface area contributed by atoms with E-state index >= 15 is 0 Å². The van der Waals surface area contributed by atoms with Crippen LogP contribution in [0.5, 0.6) is 5.75 Å². The van der Waals surface area contributed by atoms with Crippen LogP contribution in [0, 0.1) is 6.92 Å². The van der Waals surface area contributed by atoms with Crippen LogP contribution in [0.15, 0.2) is 34.1 Å². The molecule has 2 aromatic rings. The third kappa shape index (κ3) is 2.45. The van der Waals surface area contributed by atoms with Gasteiger partial charge in [-0.3, -0.25) is 0 Å². The van der Waals surface area contributed by atoms with Crippen molar-refractivity contribution in [3.8, 4) is 5.75 Å². The van der Waals surface area contributed by atoms with E-state index in [1.165, 1.54) is 16.0 Å². The molecule has 2 atom stereocenters. The Morgan fingerprint density at radius 3 is 2.89 bits per heavy atom. The van der Waals surface area contributed by atoms with Gasteiger partial charge in [0.1, 0.15) is 11.9 Å². The summed E-state index contributed by atoms with van der Waals surface area (Å²) in [6.07, 6.45) is 1.13. The molecule has 4 heteroatoms. The van der Waals surface area contributed by atoms with Crippen molar-refractivity contribution < 1.29 is 4.74 Å². The normalized spacial score (nSPS) is 21.8. The Balaban J connectivity index is 1.99. The molecule has 0 fully saturated rings. The van der Waals surface area contributed by atoms with Crippen LogP contribution in [0.2, 0.25) is 0 Å². The Hall–Kier alpha value is -0.840. The smallest absolute Gasteiger partial charge is 0.135 e. The number of hydrogen-bond acceptors (Lipinski definition) is 3. The standard InChI is InChI=1S/C15H16BrNOS/c1-9-5-6-19-15(9)14-8-12(17-2)11-4-3-10(16)7-13(11)18-14/h3-7,12,14,17H,8H2,1-2H3. The van der Waals surface area contributed by atoms with E-state index < -0.39 is 0 Å². The lowest BCUT2D eigenvalue weighted by atomic mass is 9.95. The van der Waals surface area contributed by atoms with Crippen LogP contribution in [0.4, 0.5) is 0 Å². The third-order valence-corrected chi connectivity index (χ3v) is 5.22. The lowest BCUT2D eigenvalue weighted by Gasteiger charge is -2.32. The predicted molar refractivity (Wildman–Crippen MR) is 83.0 cm³/mol. The van der Waals surface area contributed by atoms with Gasteiger partial charge in [0.05, 0.1) is 0 Å². The Morgan fingerprint density at radius 2 is 2.21 bits per heavy atom. The highest BCUT2D eigenvalue weighted by Gasteiger charge is 2.29. The summed E-state index contributed by atoms with van der Waals surface area (Å²) in [4.78, 5) is 1.34. The second kappa shape index (κ2) is 5.27. The summed E-state index contributed by atoms with van der Waals surface area (Å²) in [5.41, 5.74) is 2.57. The van der Waals surface area contributed by atoms with Crippen LogP contribution >= 0.6 is 27.3 Å². The van der Waals surface area contributed by atoms with Crippen molar-refractivity contribution in [2.24, 2.45) is 0 Å². The summed E-state index contributed by atoms with van der Waals surface area (Å²) in [7, 11) is 2.01. The average Bonchev–Trinajstić information content (AvgIpc) is 2.83. The molecule has 1 aliphatic rings. The number of hydrogen-bond donors (Lipinski definition) is 1. The van der Waals surface area contributed by atoms with E-state index in [0.717, 1.165) is 16.6 Å². The highest BCUT2D eigenvalue weighted by atomic mass is 79.9. The molecule has 2 heterocycles. The van der Waals surface area contributed by atoms with Crippen LogP contribution in [0.3, 0.4) is 0 Å². The number of fused-ring (bicyclic) bond motifs is 1. The van der Waals surface area contributed by atoms with E-state index in [-0.39, 0.29) is 6.10 Å². The number of rotatable bonds is 2. The van der Waals surface area contributed by atoms with Crippen molar-refractivity contribution in [2.45, 2.75) is 25.5 Å². The molecular formula is C15H16BrNOS. The van der Waals surface area contributed by atoms with E-state index in [1.54, 1.807) is 11.3 Å². The zero-order chi connectivity index (χ0) is 13.4. The molecule has 1 aliphatic heterocycles. The summed E-state index contributed by atoms with van der Waals surface area (Å²) in [6.45, 7) is 2.15. The maximum Gasteiger partial charge on any atom is 0.135 e. The van der Waals surface area contributed by atoms with E-state index in [1.807, 2.05) is 7.05 Å². The maximum absolute atomic E-state index is 6.21. The molecule has 3 rings (SSSR count). The number of benzene rings is 1. The van der Waals surface area contributed by atoms with Crippen LogP contribution in [-0.4, -0.2) is 7.05 Å². The van der Waals surface area contributed by atoms with Gasteiger partial charge >= 0.3 is 0 Å². The van der Waals surface area contributed by atoms with Gasteiger partial charge < -0.3 is 10.1 Å². The quantitative estimate of drug-likeness (QED) is 0.864. The number of nitrogens with one attached hydrogen (secondary N) is 1. The zero-order valence-corrected chi connectivity index (χ0v) is 13.3. The molecule has 0 spiro atoms. The predicted octanol–water partition coefficient (Wildman–Crippen LogP) is 4.60. The Morgan fingerprint density at radius 1 is 1.37 bits per heavy atom. The minimum atomic E-state index is 0.152. The average molecular weight is 338 g/mol. The Kier molecular flexibility index (Phi) is 3.65. The molecule has 1 aromatic carbocycles. The van der Waals surface area contributed by atoms with E-state index in [9.17, 15) is 0 Å². The van der Waals surface area contributed by atoms with E-state index in [2.05, 4.69) is 57.8 Å². The van der Waals surface area contributed by atoms with Crippen molar-refractivity contribution in [3.63, 3.8) is 0 Å². The molecule has 19 heavy (non-hydrogen) atoms. The second-order valence-electron chi connectivity index (χ2n) is 4.83. The van der Waals surface area contributed by atoms with Gasteiger partial charge in [-0.15, -0.1) is 11.3 Å². The molecule has 0 radical (unpaired) electrons. The highest BCUT2D eigenvalue weighted by molar-refractivity contribution is 9.10. The van der Waals surface area contributed by atoms with Gasteiger partial charge in [-0.1, -0.05) is 22.0 Å². The first kappa shape index (κ1) is 13.2. The molecular weight excluding hydrogens is 322 g/mol. The fraction of sp³-hybridized carbons (Fsp3) is 0.333. The third-order valence-electron chi connectivity index (χ3n) is 3.61.